The van der Waals surface area contributed by atoms with E-state index in [1.165, 1.54) is 105 Å². The quantitative estimate of drug-likeness (QED) is 0.172. The number of nitrogens with zero attached hydrogens (tertiary/aromatic N) is 2. The van der Waals surface area contributed by atoms with Crippen molar-refractivity contribution in [2.75, 3.05) is 0 Å². The zero-order valence-corrected chi connectivity index (χ0v) is 30.5. The van der Waals surface area contributed by atoms with Gasteiger partial charge in [-0.15, -0.1) is 0 Å². The number of fused-ring (bicyclic) bond motifs is 11. The van der Waals surface area contributed by atoms with E-state index in [1.54, 1.807) is 0 Å². The number of benzene rings is 9. The molecule has 0 atom stereocenters. The molecule has 0 N–H and O–H groups in total. The van der Waals surface area contributed by atoms with Crippen molar-refractivity contribution in [1.29, 1.82) is 0 Å². The number of aromatic nitrogens is 2. The Morgan fingerprint density at radius 1 is 0.250 bits per heavy atom. The van der Waals surface area contributed by atoms with Crippen molar-refractivity contribution in [3.63, 3.8) is 0 Å². The lowest BCUT2D eigenvalue weighted by Gasteiger charge is -2.13. The summed E-state index contributed by atoms with van der Waals surface area (Å²) in [5, 5.41) is 5.01. The number of rotatable bonds is 4. The Balaban J connectivity index is 1.13. The Labute approximate surface area is 324 Å². The smallest absolute Gasteiger partial charge is 0.0620 e. The average molecular weight is 711 g/mol. The molecule has 0 amide bonds. The first kappa shape index (κ1) is 31.0. The van der Waals surface area contributed by atoms with E-state index in [0.717, 1.165) is 5.69 Å². The molecule has 1 aliphatic rings. The van der Waals surface area contributed by atoms with Gasteiger partial charge in [0.1, 0.15) is 0 Å². The lowest BCUT2D eigenvalue weighted by molar-refractivity contribution is 1.18. The molecule has 56 heavy (non-hydrogen) atoms. The molecule has 0 bridgehead atoms. The zero-order chi connectivity index (χ0) is 36.7. The summed E-state index contributed by atoms with van der Waals surface area (Å²) in [6.45, 7) is 0. The van der Waals surface area contributed by atoms with Crippen LogP contribution in [-0.2, 0) is 0 Å². The van der Waals surface area contributed by atoms with Gasteiger partial charge >= 0.3 is 0 Å². The second kappa shape index (κ2) is 12.0. The summed E-state index contributed by atoms with van der Waals surface area (Å²) in [6, 6.07) is 75.8. The van der Waals surface area contributed by atoms with Gasteiger partial charge in [-0.2, -0.15) is 0 Å². The molecule has 0 unspecified atom stereocenters. The summed E-state index contributed by atoms with van der Waals surface area (Å²) in [4.78, 5) is 0. The maximum Gasteiger partial charge on any atom is 0.0620 e. The molecule has 0 saturated carbocycles. The summed E-state index contributed by atoms with van der Waals surface area (Å²) in [5.74, 6) is 0. The molecule has 260 valence electrons. The van der Waals surface area contributed by atoms with Crippen LogP contribution in [0.2, 0.25) is 0 Å². The molecular weight excluding hydrogens is 677 g/mol. The predicted molar refractivity (Wildman–Crippen MR) is 236 cm³/mol. The third-order valence-electron chi connectivity index (χ3n) is 11.8. The highest BCUT2D eigenvalue weighted by Gasteiger charge is 2.25. The van der Waals surface area contributed by atoms with Crippen molar-refractivity contribution in [1.82, 2.24) is 9.13 Å². The van der Waals surface area contributed by atoms with E-state index in [2.05, 4.69) is 215 Å². The monoisotopic (exact) mass is 710 g/mol. The summed E-state index contributed by atoms with van der Waals surface area (Å²) in [7, 11) is 0. The molecule has 2 nitrogen and oxygen atoms in total. The minimum atomic E-state index is 1.16. The van der Waals surface area contributed by atoms with Crippen LogP contribution in [0.25, 0.3) is 111 Å². The van der Waals surface area contributed by atoms with Crippen LogP contribution in [0.15, 0.2) is 206 Å². The minimum Gasteiger partial charge on any atom is -0.309 e. The predicted octanol–water partition coefficient (Wildman–Crippen LogP) is 14.5. The van der Waals surface area contributed by atoms with Crippen molar-refractivity contribution in [3.05, 3.63) is 206 Å². The highest BCUT2D eigenvalue weighted by molar-refractivity contribution is 6.19. The second-order valence-corrected chi connectivity index (χ2v) is 14.9. The van der Waals surface area contributed by atoms with E-state index in [0.29, 0.717) is 0 Å². The Hall–Kier alpha value is -7.42. The fourth-order valence-electron chi connectivity index (χ4n) is 9.32. The van der Waals surface area contributed by atoms with E-state index in [-0.39, 0.29) is 0 Å². The largest absolute Gasteiger partial charge is 0.309 e. The van der Waals surface area contributed by atoms with E-state index >= 15 is 0 Å². The summed E-state index contributed by atoms with van der Waals surface area (Å²) in [6.07, 6.45) is 0. The van der Waals surface area contributed by atoms with Gasteiger partial charge in [0, 0.05) is 38.4 Å². The van der Waals surface area contributed by atoms with Gasteiger partial charge in [0.05, 0.1) is 27.8 Å². The van der Waals surface area contributed by atoms with Crippen LogP contribution >= 0.6 is 0 Å². The van der Waals surface area contributed by atoms with Crippen molar-refractivity contribution in [3.8, 4) is 67.0 Å². The molecule has 9 aromatic carbocycles. The van der Waals surface area contributed by atoms with Crippen LogP contribution in [0.1, 0.15) is 0 Å². The first-order valence-electron chi connectivity index (χ1n) is 19.3. The lowest BCUT2D eigenvalue weighted by atomic mass is 9.90. The highest BCUT2D eigenvalue weighted by atomic mass is 15.0. The van der Waals surface area contributed by atoms with Crippen LogP contribution in [0.4, 0.5) is 0 Å². The molecule has 3 heterocycles. The molecule has 2 aromatic heterocycles. The maximum atomic E-state index is 2.51. The van der Waals surface area contributed by atoms with Gasteiger partial charge in [-0.1, -0.05) is 146 Å². The molecule has 0 spiro atoms. The Bertz CT molecular complexity index is 3350. The van der Waals surface area contributed by atoms with Gasteiger partial charge in [0.25, 0.3) is 0 Å². The third kappa shape index (κ3) is 4.57. The topological polar surface area (TPSA) is 9.86 Å². The Kier molecular flexibility index (Phi) is 6.66. The molecule has 0 radical (unpaired) electrons. The zero-order valence-electron chi connectivity index (χ0n) is 30.5. The molecule has 11 aromatic rings. The first-order chi connectivity index (χ1) is 27.8. The van der Waals surface area contributed by atoms with Gasteiger partial charge in [-0.05, 0) is 105 Å². The van der Waals surface area contributed by atoms with Crippen LogP contribution in [0, 0.1) is 0 Å². The third-order valence-corrected chi connectivity index (χ3v) is 11.8. The number of hydrogen-bond acceptors (Lipinski definition) is 0. The summed E-state index contributed by atoms with van der Waals surface area (Å²) < 4.78 is 4.93. The Morgan fingerprint density at radius 3 is 1.52 bits per heavy atom. The fourth-order valence-corrected chi connectivity index (χ4v) is 9.32. The van der Waals surface area contributed by atoms with Gasteiger partial charge in [-0.3, -0.25) is 0 Å². The molecule has 1 aliphatic heterocycles. The fraction of sp³-hybridized carbons (Fsp3) is 0. The van der Waals surface area contributed by atoms with Gasteiger partial charge in [0.2, 0.25) is 0 Å². The van der Waals surface area contributed by atoms with E-state index < -0.39 is 0 Å². The molecule has 0 saturated heterocycles. The highest BCUT2D eigenvalue weighted by Crippen LogP contribution is 2.49. The van der Waals surface area contributed by atoms with E-state index in [4.69, 9.17) is 0 Å². The molecule has 12 rings (SSSR count). The number of hydrogen-bond donors (Lipinski definition) is 0. The summed E-state index contributed by atoms with van der Waals surface area (Å²) >= 11 is 0. The minimum absolute atomic E-state index is 1.16. The van der Waals surface area contributed by atoms with Gasteiger partial charge in [0.15, 0.2) is 0 Å². The summed E-state index contributed by atoms with van der Waals surface area (Å²) in [5.41, 5.74) is 19.5. The van der Waals surface area contributed by atoms with Crippen LogP contribution < -0.4 is 0 Å². The SMILES string of the molecule is c1ccc(-c2cccc(-n3c4ccccc4c4cc(-c5cc6c7c(c5)c5cc(-c8ccccc8)ccc5n7-c5ccccc5-c5ccccc5-6)ccc43)c2)cc1. The first-order valence-corrected chi connectivity index (χ1v) is 19.3. The molecule has 0 fully saturated rings. The number of para-hydroxylation sites is 2. The van der Waals surface area contributed by atoms with Crippen LogP contribution in [0.3, 0.4) is 0 Å². The average Bonchev–Trinajstić information content (AvgIpc) is 3.74. The Morgan fingerprint density at radius 2 is 0.768 bits per heavy atom. The lowest BCUT2D eigenvalue weighted by Crippen LogP contribution is -1.95. The van der Waals surface area contributed by atoms with Crippen molar-refractivity contribution >= 4 is 43.6 Å². The van der Waals surface area contributed by atoms with E-state index in [9.17, 15) is 0 Å². The molecular formula is C54H34N2. The molecule has 2 heteroatoms. The van der Waals surface area contributed by atoms with Crippen LogP contribution in [0.5, 0.6) is 0 Å². The van der Waals surface area contributed by atoms with Crippen LogP contribution in [-0.4, -0.2) is 9.13 Å². The second-order valence-electron chi connectivity index (χ2n) is 14.9. The standard InChI is InChI=1S/C54H34N2/c1-3-14-35(15-4-1)37-18-13-19-41(30-37)55-50-24-11-10-23-45(50)46-32-39(27-28-52(46)55)40-33-48-43-21-8-7-20-42(43)44-22-9-12-25-51(44)56-53-29-26-38(36-16-5-2-6-17-36)31-47(53)49(34-40)54(48)56/h1-34H. The van der Waals surface area contributed by atoms with Crippen molar-refractivity contribution in [2.45, 2.75) is 0 Å². The molecule has 0 aliphatic carbocycles. The van der Waals surface area contributed by atoms with Crippen molar-refractivity contribution in [2.24, 2.45) is 0 Å². The van der Waals surface area contributed by atoms with Crippen molar-refractivity contribution < 1.29 is 0 Å². The maximum absolute atomic E-state index is 2.51. The van der Waals surface area contributed by atoms with E-state index in [1.807, 2.05) is 0 Å². The normalized spacial score (nSPS) is 11.9. The van der Waals surface area contributed by atoms with Gasteiger partial charge < -0.3 is 9.13 Å². The van der Waals surface area contributed by atoms with Gasteiger partial charge in [-0.25, -0.2) is 0 Å².